The molecular weight excluding hydrogens is 280 g/mol. The highest BCUT2D eigenvalue weighted by Crippen LogP contribution is 2.31. The average Bonchev–Trinajstić information content (AvgIpc) is 2.64. The largest absolute Gasteiger partial charge is 0.369 e. The number of anilines is 1. The fraction of sp³-hybridized carbons (Fsp3) is 0.143. The second-order valence-electron chi connectivity index (χ2n) is 5.96. The number of rotatable bonds is 3. The van der Waals surface area contributed by atoms with Gasteiger partial charge < -0.3 is 5.32 Å². The van der Waals surface area contributed by atoms with Crippen LogP contribution in [0.3, 0.4) is 0 Å². The quantitative estimate of drug-likeness (QED) is 0.751. The molecule has 1 atom stereocenters. The van der Waals surface area contributed by atoms with Gasteiger partial charge in [0, 0.05) is 18.2 Å². The smallest absolute Gasteiger partial charge is 0.0882 e. The Labute approximate surface area is 137 Å². The van der Waals surface area contributed by atoms with E-state index in [4.69, 9.17) is 0 Å². The Morgan fingerprint density at radius 3 is 1.91 bits per heavy atom. The number of hydrogen-bond acceptors (Lipinski definition) is 2. The fourth-order valence-corrected chi connectivity index (χ4v) is 3.35. The van der Waals surface area contributed by atoms with E-state index < -0.39 is 0 Å². The molecule has 0 spiro atoms. The van der Waals surface area contributed by atoms with Crippen LogP contribution < -0.4 is 10.6 Å². The number of nitrogens with one attached hydrogen (secondary N) is 2. The summed E-state index contributed by atoms with van der Waals surface area (Å²) in [5, 5.41) is 7.34. The second kappa shape index (κ2) is 6.27. The van der Waals surface area contributed by atoms with Gasteiger partial charge in [-0.3, -0.25) is 5.32 Å². The van der Waals surface area contributed by atoms with Crippen molar-refractivity contribution in [2.75, 3.05) is 5.32 Å². The lowest BCUT2D eigenvalue weighted by Crippen LogP contribution is -2.44. The van der Waals surface area contributed by atoms with Crippen molar-refractivity contribution in [3.8, 4) is 0 Å². The predicted octanol–water partition coefficient (Wildman–Crippen LogP) is 4.36. The highest BCUT2D eigenvalue weighted by molar-refractivity contribution is 5.54. The molecule has 0 bridgehead atoms. The lowest BCUT2D eigenvalue weighted by Gasteiger charge is -2.35. The van der Waals surface area contributed by atoms with Crippen LogP contribution in [0.5, 0.6) is 0 Å². The van der Waals surface area contributed by atoms with Gasteiger partial charge in [-0.25, -0.2) is 0 Å². The van der Waals surface area contributed by atoms with Gasteiger partial charge in [0.25, 0.3) is 0 Å². The summed E-state index contributed by atoms with van der Waals surface area (Å²) in [7, 11) is 0. The molecule has 2 heteroatoms. The molecule has 1 unspecified atom stereocenters. The fourth-order valence-electron chi connectivity index (χ4n) is 3.35. The standard InChI is InChI=1S/C21H20N2/c1-3-9-16(10-4-1)20(17-11-5-2-6-12-17)21-22-15-18-13-7-8-14-19(18)23-21/h1-14,20-23H,15H2. The maximum Gasteiger partial charge on any atom is 0.0882 e. The van der Waals surface area contributed by atoms with Crippen molar-refractivity contribution >= 4 is 5.69 Å². The molecule has 1 heterocycles. The first-order valence-electron chi connectivity index (χ1n) is 8.09. The van der Waals surface area contributed by atoms with Gasteiger partial charge in [0.15, 0.2) is 0 Å². The second-order valence-corrected chi connectivity index (χ2v) is 5.96. The van der Waals surface area contributed by atoms with Gasteiger partial charge in [-0.05, 0) is 22.8 Å². The average molecular weight is 300 g/mol. The van der Waals surface area contributed by atoms with Crippen LogP contribution >= 0.6 is 0 Å². The first kappa shape index (κ1) is 14.0. The third-order valence-electron chi connectivity index (χ3n) is 4.49. The number of benzene rings is 3. The van der Waals surface area contributed by atoms with Crippen molar-refractivity contribution in [2.24, 2.45) is 0 Å². The lowest BCUT2D eigenvalue weighted by molar-refractivity contribution is 0.494. The lowest BCUT2D eigenvalue weighted by atomic mass is 9.87. The van der Waals surface area contributed by atoms with Crippen molar-refractivity contribution in [1.29, 1.82) is 0 Å². The molecule has 1 aliphatic rings. The zero-order valence-corrected chi connectivity index (χ0v) is 12.9. The SMILES string of the molecule is c1ccc(C(c2ccccc2)C2NCc3ccccc3N2)cc1. The highest BCUT2D eigenvalue weighted by atomic mass is 15.2. The maximum atomic E-state index is 3.68. The summed E-state index contributed by atoms with van der Waals surface area (Å²) in [6.45, 7) is 0.893. The topological polar surface area (TPSA) is 24.1 Å². The molecule has 2 nitrogen and oxygen atoms in total. The molecule has 23 heavy (non-hydrogen) atoms. The summed E-state index contributed by atoms with van der Waals surface area (Å²) in [6.07, 6.45) is 0.176. The van der Waals surface area contributed by atoms with Gasteiger partial charge in [0.2, 0.25) is 0 Å². The van der Waals surface area contributed by atoms with E-state index in [0.29, 0.717) is 0 Å². The number of para-hydroxylation sites is 1. The summed E-state index contributed by atoms with van der Waals surface area (Å²) in [5.41, 5.74) is 5.20. The van der Waals surface area contributed by atoms with Crippen molar-refractivity contribution in [2.45, 2.75) is 18.6 Å². The van der Waals surface area contributed by atoms with Crippen LogP contribution in [-0.2, 0) is 6.54 Å². The van der Waals surface area contributed by atoms with Crippen LogP contribution in [0.1, 0.15) is 22.6 Å². The van der Waals surface area contributed by atoms with E-state index in [2.05, 4.69) is 95.6 Å². The predicted molar refractivity (Wildman–Crippen MR) is 95.4 cm³/mol. The van der Waals surface area contributed by atoms with Gasteiger partial charge in [-0.2, -0.15) is 0 Å². The molecule has 0 aliphatic carbocycles. The van der Waals surface area contributed by atoms with Crippen molar-refractivity contribution in [3.63, 3.8) is 0 Å². The first-order valence-corrected chi connectivity index (χ1v) is 8.09. The van der Waals surface area contributed by atoms with E-state index in [-0.39, 0.29) is 12.1 Å². The van der Waals surface area contributed by atoms with E-state index in [1.807, 2.05) is 0 Å². The number of hydrogen-bond donors (Lipinski definition) is 2. The molecule has 2 N–H and O–H groups in total. The van der Waals surface area contributed by atoms with Gasteiger partial charge in [-0.15, -0.1) is 0 Å². The Kier molecular flexibility index (Phi) is 3.83. The summed E-state index contributed by atoms with van der Waals surface area (Å²) in [5.74, 6) is 0.269. The molecule has 1 aliphatic heterocycles. The van der Waals surface area contributed by atoms with E-state index >= 15 is 0 Å². The first-order chi connectivity index (χ1) is 11.4. The molecule has 3 aromatic rings. The molecule has 0 aromatic heterocycles. The molecule has 0 radical (unpaired) electrons. The third kappa shape index (κ3) is 2.86. The Bertz CT molecular complexity index is 729. The highest BCUT2D eigenvalue weighted by Gasteiger charge is 2.27. The molecule has 0 amide bonds. The maximum absolute atomic E-state index is 3.68. The van der Waals surface area contributed by atoms with Crippen LogP contribution in [0.25, 0.3) is 0 Å². The monoisotopic (exact) mass is 300 g/mol. The third-order valence-corrected chi connectivity index (χ3v) is 4.49. The van der Waals surface area contributed by atoms with E-state index in [1.54, 1.807) is 0 Å². The van der Waals surface area contributed by atoms with Crippen LogP contribution in [0.2, 0.25) is 0 Å². The van der Waals surface area contributed by atoms with Crippen molar-refractivity contribution < 1.29 is 0 Å². The minimum absolute atomic E-state index is 0.176. The molecule has 4 rings (SSSR count). The van der Waals surface area contributed by atoms with Crippen LogP contribution in [0.15, 0.2) is 84.9 Å². The summed E-state index contributed by atoms with van der Waals surface area (Å²) in [4.78, 5) is 0. The summed E-state index contributed by atoms with van der Waals surface area (Å²) < 4.78 is 0. The Morgan fingerprint density at radius 1 is 0.696 bits per heavy atom. The molecule has 0 saturated carbocycles. The molecule has 3 aromatic carbocycles. The van der Waals surface area contributed by atoms with E-state index in [9.17, 15) is 0 Å². The molecule has 0 fully saturated rings. The van der Waals surface area contributed by atoms with Crippen LogP contribution in [0, 0.1) is 0 Å². The molecule has 0 saturated heterocycles. The minimum Gasteiger partial charge on any atom is -0.369 e. The van der Waals surface area contributed by atoms with Gasteiger partial charge in [-0.1, -0.05) is 78.9 Å². The van der Waals surface area contributed by atoms with Gasteiger partial charge in [0.05, 0.1) is 6.17 Å². The Hall–Kier alpha value is -2.58. The van der Waals surface area contributed by atoms with E-state index in [0.717, 1.165) is 6.54 Å². The Morgan fingerprint density at radius 2 is 1.26 bits per heavy atom. The van der Waals surface area contributed by atoms with Gasteiger partial charge >= 0.3 is 0 Å². The van der Waals surface area contributed by atoms with E-state index in [1.165, 1.54) is 22.4 Å². The Balaban J connectivity index is 1.72. The van der Waals surface area contributed by atoms with Crippen LogP contribution in [0.4, 0.5) is 5.69 Å². The molecule has 114 valence electrons. The molecular formula is C21H20N2. The number of fused-ring (bicyclic) bond motifs is 1. The minimum atomic E-state index is 0.176. The normalized spacial score (nSPS) is 16.7. The van der Waals surface area contributed by atoms with Crippen molar-refractivity contribution in [1.82, 2.24) is 5.32 Å². The summed E-state index contributed by atoms with van der Waals surface area (Å²) in [6, 6.07) is 30.0. The van der Waals surface area contributed by atoms with Gasteiger partial charge in [0.1, 0.15) is 0 Å². The zero-order chi connectivity index (χ0) is 15.5. The van der Waals surface area contributed by atoms with Crippen LogP contribution in [-0.4, -0.2) is 6.17 Å². The zero-order valence-electron chi connectivity index (χ0n) is 12.9. The van der Waals surface area contributed by atoms with Crippen molar-refractivity contribution in [3.05, 3.63) is 102 Å². The summed E-state index contributed by atoms with van der Waals surface area (Å²) >= 11 is 0.